The van der Waals surface area contributed by atoms with Crippen LogP contribution in [0.2, 0.25) is 0 Å². The van der Waals surface area contributed by atoms with Crippen molar-refractivity contribution < 1.29 is 19.4 Å². The molecule has 1 heterocycles. The van der Waals surface area contributed by atoms with Gasteiger partial charge in [0.2, 0.25) is 0 Å². The van der Waals surface area contributed by atoms with Gasteiger partial charge in [-0.05, 0) is 38.1 Å². The maximum Gasteiger partial charge on any atom is 0.417 e. The van der Waals surface area contributed by atoms with Crippen LogP contribution >= 0.6 is 0 Å². The zero-order valence-electron chi connectivity index (χ0n) is 9.84. The zero-order valence-corrected chi connectivity index (χ0v) is 9.84. The van der Waals surface area contributed by atoms with E-state index in [4.69, 9.17) is 14.6 Å². The van der Waals surface area contributed by atoms with Crippen molar-refractivity contribution >= 4 is 6.09 Å². The Hall–Kier alpha value is -1.75. The number of ether oxygens (including phenoxy) is 2. The zero-order chi connectivity index (χ0) is 12.5. The van der Waals surface area contributed by atoms with Crippen molar-refractivity contribution in [1.82, 2.24) is 4.90 Å². The summed E-state index contributed by atoms with van der Waals surface area (Å²) in [6.45, 7) is 4.66. The second-order valence-corrected chi connectivity index (χ2v) is 4.31. The van der Waals surface area contributed by atoms with Gasteiger partial charge in [0.25, 0.3) is 0 Å². The van der Waals surface area contributed by atoms with Crippen LogP contribution in [0.3, 0.4) is 0 Å². The van der Waals surface area contributed by atoms with Crippen molar-refractivity contribution in [3.8, 4) is 11.5 Å². The lowest BCUT2D eigenvalue weighted by atomic mass is 10.3. The minimum atomic E-state index is -0.631. The number of nitrogens with zero attached hydrogens (tertiary/aromatic N) is 1. The minimum absolute atomic E-state index is 0.134. The largest absolute Gasteiger partial charge is 0.508 e. The SMILES string of the molecule is CC1(C)OCCN1C(=O)Oc1ccc(O)cc1. The number of carbonyl (C=O) groups excluding carboxylic acids is 1. The van der Waals surface area contributed by atoms with Gasteiger partial charge in [-0.1, -0.05) is 0 Å². The highest BCUT2D eigenvalue weighted by atomic mass is 16.6. The molecule has 0 bridgehead atoms. The molecule has 0 spiro atoms. The molecule has 92 valence electrons. The maximum absolute atomic E-state index is 11.9. The first-order valence-corrected chi connectivity index (χ1v) is 5.41. The number of amides is 1. The van der Waals surface area contributed by atoms with Crippen molar-refractivity contribution in [2.75, 3.05) is 13.2 Å². The number of rotatable bonds is 1. The van der Waals surface area contributed by atoms with Crippen LogP contribution in [-0.4, -0.2) is 35.0 Å². The molecule has 0 aromatic heterocycles. The summed E-state index contributed by atoms with van der Waals surface area (Å²) in [4.78, 5) is 13.4. The molecule has 0 aliphatic carbocycles. The lowest BCUT2D eigenvalue weighted by Crippen LogP contribution is -2.44. The summed E-state index contributed by atoms with van der Waals surface area (Å²) in [5.74, 6) is 0.533. The van der Waals surface area contributed by atoms with Crippen LogP contribution < -0.4 is 4.74 Å². The predicted octanol–water partition coefficient (Wildman–Crippen LogP) is 1.96. The maximum atomic E-state index is 11.9. The van der Waals surface area contributed by atoms with Crippen LogP contribution in [0.4, 0.5) is 4.79 Å². The Bertz CT molecular complexity index is 413. The van der Waals surface area contributed by atoms with Crippen molar-refractivity contribution in [1.29, 1.82) is 0 Å². The molecule has 0 radical (unpaired) electrons. The quantitative estimate of drug-likeness (QED) is 0.811. The molecule has 0 unspecified atom stereocenters. The van der Waals surface area contributed by atoms with Gasteiger partial charge in [0, 0.05) is 0 Å². The summed E-state index contributed by atoms with van der Waals surface area (Å²) in [5.41, 5.74) is -0.631. The fourth-order valence-electron chi connectivity index (χ4n) is 1.72. The average Bonchev–Trinajstić information content (AvgIpc) is 2.61. The van der Waals surface area contributed by atoms with Crippen LogP contribution in [0.1, 0.15) is 13.8 Å². The Balaban J connectivity index is 2.04. The second kappa shape index (κ2) is 4.25. The first-order chi connectivity index (χ1) is 7.99. The molecule has 1 aromatic rings. The average molecular weight is 237 g/mol. The summed E-state index contributed by atoms with van der Waals surface area (Å²) < 4.78 is 10.6. The summed E-state index contributed by atoms with van der Waals surface area (Å²) in [5, 5.41) is 9.11. The van der Waals surface area contributed by atoms with E-state index in [9.17, 15) is 4.79 Å². The fourth-order valence-corrected chi connectivity index (χ4v) is 1.72. The van der Waals surface area contributed by atoms with Crippen molar-refractivity contribution in [3.05, 3.63) is 24.3 Å². The van der Waals surface area contributed by atoms with Crippen molar-refractivity contribution in [2.45, 2.75) is 19.6 Å². The highest BCUT2D eigenvalue weighted by Crippen LogP contribution is 2.24. The van der Waals surface area contributed by atoms with Crippen LogP contribution in [0.5, 0.6) is 11.5 Å². The Morgan fingerprint density at radius 1 is 1.41 bits per heavy atom. The number of hydrogen-bond donors (Lipinski definition) is 1. The summed E-state index contributed by atoms with van der Waals surface area (Å²) >= 11 is 0. The van der Waals surface area contributed by atoms with Gasteiger partial charge >= 0.3 is 6.09 Å². The van der Waals surface area contributed by atoms with Gasteiger partial charge in [-0.25, -0.2) is 4.79 Å². The molecule has 1 N–H and O–H groups in total. The van der Waals surface area contributed by atoms with Gasteiger partial charge in [-0.3, -0.25) is 4.90 Å². The molecule has 1 amide bonds. The smallest absolute Gasteiger partial charge is 0.417 e. The van der Waals surface area contributed by atoms with E-state index in [1.807, 2.05) is 13.8 Å². The second-order valence-electron chi connectivity index (χ2n) is 4.31. The van der Waals surface area contributed by atoms with E-state index in [2.05, 4.69) is 0 Å². The summed E-state index contributed by atoms with van der Waals surface area (Å²) in [6, 6.07) is 6.01. The van der Waals surface area contributed by atoms with E-state index in [-0.39, 0.29) is 5.75 Å². The number of aromatic hydroxyl groups is 1. The topological polar surface area (TPSA) is 59.0 Å². The monoisotopic (exact) mass is 237 g/mol. The lowest BCUT2D eigenvalue weighted by molar-refractivity contribution is -0.0379. The minimum Gasteiger partial charge on any atom is -0.508 e. The predicted molar refractivity (Wildman–Crippen MR) is 60.9 cm³/mol. The van der Waals surface area contributed by atoms with Crippen molar-refractivity contribution in [2.24, 2.45) is 0 Å². The Labute approximate surface area is 99.6 Å². The molecule has 1 aliphatic rings. The van der Waals surface area contributed by atoms with Crippen LogP contribution in [0.25, 0.3) is 0 Å². The van der Waals surface area contributed by atoms with Gasteiger partial charge in [-0.15, -0.1) is 0 Å². The van der Waals surface area contributed by atoms with E-state index >= 15 is 0 Å². The first-order valence-electron chi connectivity index (χ1n) is 5.41. The first kappa shape index (κ1) is 11.7. The number of hydrogen-bond acceptors (Lipinski definition) is 4. The molecule has 5 nitrogen and oxygen atoms in total. The lowest BCUT2D eigenvalue weighted by Gasteiger charge is -2.28. The molecule has 1 saturated heterocycles. The third-order valence-corrected chi connectivity index (χ3v) is 2.68. The Kier molecular flexibility index (Phi) is 2.93. The molecule has 1 fully saturated rings. The molecule has 0 saturated carbocycles. The number of phenolic OH excluding ortho intramolecular Hbond substituents is 1. The van der Waals surface area contributed by atoms with E-state index in [1.165, 1.54) is 29.2 Å². The summed E-state index contributed by atoms with van der Waals surface area (Å²) in [6.07, 6.45) is -0.446. The van der Waals surface area contributed by atoms with E-state index in [0.29, 0.717) is 18.9 Å². The molecular weight excluding hydrogens is 222 g/mol. The van der Waals surface area contributed by atoms with Gasteiger partial charge in [0.15, 0.2) is 0 Å². The molecule has 5 heteroatoms. The number of carbonyl (C=O) groups is 1. The van der Waals surface area contributed by atoms with Gasteiger partial charge in [0.1, 0.15) is 17.2 Å². The molecule has 1 aliphatic heterocycles. The summed E-state index contributed by atoms with van der Waals surface area (Å²) in [7, 11) is 0. The fraction of sp³-hybridized carbons (Fsp3) is 0.417. The number of benzene rings is 1. The Morgan fingerprint density at radius 2 is 2.06 bits per heavy atom. The molecule has 17 heavy (non-hydrogen) atoms. The van der Waals surface area contributed by atoms with E-state index < -0.39 is 11.8 Å². The Morgan fingerprint density at radius 3 is 2.59 bits per heavy atom. The standard InChI is InChI=1S/C12H15NO4/c1-12(2)13(7-8-16-12)11(15)17-10-5-3-9(14)4-6-10/h3-6,14H,7-8H2,1-2H3. The van der Waals surface area contributed by atoms with E-state index in [1.54, 1.807) is 0 Å². The van der Waals surface area contributed by atoms with Crippen LogP contribution in [0.15, 0.2) is 24.3 Å². The van der Waals surface area contributed by atoms with Gasteiger partial charge in [0.05, 0.1) is 13.2 Å². The highest BCUT2D eigenvalue weighted by Gasteiger charge is 2.37. The molecule has 2 rings (SSSR count). The number of phenols is 1. The van der Waals surface area contributed by atoms with E-state index in [0.717, 1.165) is 0 Å². The third-order valence-electron chi connectivity index (χ3n) is 2.68. The highest BCUT2D eigenvalue weighted by molar-refractivity contribution is 5.71. The molecular formula is C12H15NO4. The van der Waals surface area contributed by atoms with Crippen LogP contribution in [-0.2, 0) is 4.74 Å². The molecule has 1 aromatic carbocycles. The van der Waals surface area contributed by atoms with Gasteiger partial charge < -0.3 is 14.6 Å². The van der Waals surface area contributed by atoms with Crippen molar-refractivity contribution in [3.63, 3.8) is 0 Å². The normalized spacial score (nSPS) is 18.1. The third kappa shape index (κ3) is 2.50. The van der Waals surface area contributed by atoms with Gasteiger partial charge in [-0.2, -0.15) is 0 Å². The molecule has 0 atom stereocenters. The van der Waals surface area contributed by atoms with Crippen LogP contribution in [0, 0.1) is 0 Å².